The van der Waals surface area contributed by atoms with Gasteiger partial charge < -0.3 is 4.74 Å². The quantitative estimate of drug-likeness (QED) is 0.0687. The molecule has 0 saturated carbocycles. The minimum atomic E-state index is 0.0265. The van der Waals surface area contributed by atoms with Crippen LogP contribution < -0.4 is 0 Å². The van der Waals surface area contributed by atoms with Crippen LogP contribution >= 0.6 is 0 Å². The Morgan fingerprint density at radius 3 is 0.917 bits per heavy atom. The number of hydrogen-bond donors (Lipinski definition) is 0. The molecule has 0 atom stereocenters. The van der Waals surface area contributed by atoms with Gasteiger partial charge in [-0.05, 0) is 12.8 Å². The number of unbranched alkanes of at least 4 members (excludes halogenated alkanes) is 27. The number of esters is 1. The molecular formula is C34H68O2. The fraction of sp³-hybridized carbons (Fsp3) is 0.971. The molecule has 0 unspecified atom stereocenters. The highest BCUT2D eigenvalue weighted by Gasteiger charge is 2.02. The Labute approximate surface area is 228 Å². The van der Waals surface area contributed by atoms with Crippen LogP contribution in [0.3, 0.4) is 0 Å². The third-order valence-electron chi connectivity index (χ3n) is 7.75. The Morgan fingerprint density at radius 1 is 0.361 bits per heavy atom. The van der Waals surface area contributed by atoms with Crippen molar-refractivity contribution in [1.29, 1.82) is 0 Å². The van der Waals surface area contributed by atoms with Crippen molar-refractivity contribution in [2.45, 2.75) is 206 Å². The Morgan fingerprint density at radius 2 is 0.611 bits per heavy atom. The molecule has 2 nitrogen and oxygen atoms in total. The largest absolute Gasteiger partial charge is 0.466 e. The van der Waals surface area contributed by atoms with E-state index in [0.29, 0.717) is 13.0 Å². The molecule has 0 N–H and O–H groups in total. The fourth-order valence-electron chi connectivity index (χ4n) is 5.20. The molecule has 0 aromatic heterocycles. The van der Waals surface area contributed by atoms with Crippen LogP contribution in [0.2, 0.25) is 0 Å². The zero-order valence-electron chi connectivity index (χ0n) is 25.2. The third-order valence-corrected chi connectivity index (χ3v) is 7.75. The van der Waals surface area contributed by atoms with Crippen LogP contribution in [0.25, 0.3) is 0 Å². The van der Waals surface area contributed by atoms with Gasteiger partial charge in [-0.1, -0.05) is 187 Å². The smallest absolute Gasteiger partial charge is 0.305 e. The van der Waals surface area contributed by atoms with E-state index in [-0.39, 0.29) is 5.97 Å². The molecule has 0 saturated heterocycles. The zero-order valence-corrected chi connectivity index (χ0v) is 25.2. The molecule has 0 bridgehead atoms. The molecule has 0 aliphatic rings. The Bertz CT molecular complexity index is 406. The standard InChI is InChI=1S/C34H68O2/c1-3-5-7-9-11-13-15-17-18-19-20-21-23-25-27-29-31-33-36-34(35)32-30-28-26-24-22-16-14-12-10-8-6-4-2/h3-33H2,1-2H3. The maximum atomic E-state index is 11.9. The minimum absolute atomic E-state index is 0.0265. The van der Waals surface area contributed by atoms with E-state index < -0.39 is 0 Å². The van der Waals surface area contributed by atoms with Crippen molar-refractivity contribution in [3.8, 4) is 0 Å². The summed E-state index contributed by atoms with van der Waals surface area (Å²) in [5.74, 6) is 0.0265. The lowest BCUT2D eigenvalue weighted by atomic mass is 10.0. The second-order valence-electron chi connectivity index (χ2n) is 11.5. The summed E-state index contributed by atoms with van der Waals surface area (Å²) in [6, 6.07) is 0. The Balaban J connectivity index is 3.13. The van der Waals surface area contributed by atoms with Crippen molar-refractivity contribution >= 4 is 5.97 Å². The maximum absolute atomic E-state index is 11.9. The second-order valence-corrected chi connectivity index (χ2v) is 11.5. The molecule has 2 heteroatoms. The first kappa shape index (κ1) is 35.5. The average molecular weight is 509 g/mol. The normalized spacial score (nSPS) is 11.3. The van der Waals surface area contributed by atoms with E-state index in [4.69, 9.17) is 4.74 Å². The molecule has 0 aliphatic heterocycles. The Hall–Kier alpha value is -0.530. The average Bonchev–Trinajstić information content (AvgIpc) is 2.88. The molecule has 0 aromatic carbocycles. The molecular weight excluding hydrogens is 440 g/mol. The van der Waals surface area contributed by atoms with Crippen molar-refractivity contribution in [1.82, 2.24) is 0 Å². The predicted octanol–water partition coefficient (Wildman–Crippen LogP) is 12.3. The van der Waals surface area contributed by atoms with Crippen LogP contribution in [-0.2, 0) is 9.53 Å². The van der Waals surface area contributed by atoms with Crippen LogP contribution in [0.4, 0.5) is 0 Å². The third kappa shape index (κ3) is 31.5. The van der Waals surface area contributed by atoms with Crippen molar-refractivity contribution in [3.63, 3.8) is 0 Å². The highest BCUT2D eigenvalue weighted by molar-refractivity contribution is 5.69. The summed E-state index contributed by atoms with van der Waals surface area (Å²) < 4.78 is 5.43. The summed E-state index contributed by atoms with van der Waals surface area (Å²) in [5, 5.41) is 0. The zero-order chi connectivity index (χ0) is 26.2. The van der Waals surface area contributed by atoms with Crippen molar-refractivity contribution in [3.05, 3.63) is 0 Å². The second kappa shape index (κ2) is 32.5. The van der Waals surface area contributed by atoms with E-state index in [1.54, 1.807) is 0 Å². The summed E-state index contributed by atoms with van der Waals surface area (Å²) in [7, 11) is 0. The topological polar surface area (TPSA) is 26.3 Å². The summed E-state index contributed by atoms with van der Waals surface area (Å²) in [6.07, 6.45) is 40.1. The van der Waals surface area contributed by atoms with Crippen LogP contribution in [0.1, 0.15) is 206 Å². The lowest BCUT2D eigenvalue weighted by Gasteiger charge is -2.06. The summed E-state index contributed by atoms with van der Waals surface area (Å²) >= 11 is 0. The van der Waals surface area contributed by atoms with Gasteiger partial charge in [-0.2, -0.15) is 0 Å². The van der Waals surface area contributed by atoms with Gasteiger partial charge in [-0.3, -0.25) is 4.79 Å². The molecule has 0 radical (unpaired) electrons. The van der Waals surface area contributed by atoms with Crippen LogP contribution in [0, 0.1) is 0 Å². The van der Waals surface area contributed by atoms with E-state index in [9.17, 15) is 4.79 Å². The van der Waals surface area contributed by atoms with Crippen molar-refractivity contribution < 1.29 is 9.53 Å². The number of hydrogen-bond acceptors (Lipinski definition) is 2. The molecule has 0 fully saturated rings. The lowest BCUT2D eigenvalue weighted by Crippen LogP contribution is -2.05. The number of carbonyl (C=O) groups is 1. The molecule has 0 rings (SSSR count). The fourth-order valence-corrected chi connectivity index (χ4v) is 5.20. The van der Waals surface area contributed by atoms with Gasteiger partial charge in [0.2, 0.25) is 0 Å². The summed E-state index contributed by atoms with van der Waals surface area (Å²) in [5.41, 5.74) is 0. The number of ether oxygens (including phenoxy) is 1. The number of carbonyl (C=O) groups excluding carboxylic acids is 1. The molecule has 216 valence electrons. The van der Waals surface area contributed by atoms with E-state index in [2.05, 4.69) is 13.8 Å². The van der Waals surface area contributed by atoms with E-state index in [0.717, 1.165) is 12.8 Å². The number of rotatable bonds is 31. The summed E-state index contributed by atoms with van der Waals surface area (Å²) in [4.78, 5) is 11.9. The molecule has 36 heavy (non-hydrogen) atoms. The van der Waals surface area contributed by atoms with Crippen LogP contribution in [0.15, 0.2) is 0 Å². The van der Waals surface area contributed by atoms with E-state index in [1.807, 2.05) is 0 Å². The van der Waals surface area contributed by atoms with E-state index in [1.165, 1.54) is 173 Å². The summed E-state index contributed by atoms with van der Waals surface area (Å²) in [6.45, 7) is 5.21. The monoisotopic (exact) mass is 509 g/mol. The molecule has 0 amide bonds. The van der Waals surface area contributed by atoms with Gasteiger partial charge in [0.15, 0.2) is 0 Å². The first-order valence-corrected chi connectivity index (χ1v) is 17.0. The predicted molar refractivity (Wildman–Crippen MR) is 161 cm³/mol. The molecule has 0 aromatic rings. The molecule has 0 heterocycles. The SMILES string of the molecule is CCCCCCCCCCCCCCCCCCCOC(=O)CCCCCCCCCCCCCC. The minimum Gasteiger partial charge on any atom is -0.466 e. The molecule has 0 aliphatic carbocycles. The maximum Gasteiger partial charge on any atom is 0.305 e. The lowest BCUT2D eigenvalue weighted by molar-refractivity contribution is -0.143. The van der Waals surface area contributed by atoms with Crippen LogP contribution in [-0.4, -0.2) is 12.6 Å². The molecule has 0 spiro atoms. The first-order chi connectivity index (χ1) is 17.8. The van der Waals surface area contributed by atoms with Gasteiger partial charge in [-0.15, -0.1) is 0 Å². The van der Waals surface area contributed by atoms with Gasteiger partial charge in [0, 0.05) is 6.42 Å². The van der Waals surface area contributed by atoms with Crippen molar-refractivity contribution in [2.75, 3.05) is 6.61 Å². The highest BCUT2D eigenvalue weighted by Crippen LogP contribution is 2.15. The van der Waals surface area contributed by atoms with Gasteiger partial charge in [0.05, 0.1) is 6.61 Å². The Kier molecular flexibility index (Phi) is 32.0. The van der Waals surface area contributed by atoms with Crippen LogP contribution in [0.5, 0.6) is 0 Å². The van der Waals surface area contributed by atoms with E-state index >= 15 is 0 Å². The highest BCUT2D eigenvalue weighted by atomic mass is 16.5. The van der Waals surface area contributed by atoms with Gasteiger partial charge in [0.25, 0.3) is 0 Å². The van der Waals surface area contributed by atoms with Gasteiger partial charge >= 0.3 is 5.97 Å². The van der Waals surface area contributed by atoms with Gasteiger partial charge in [0.1, 0.15) is 0 Å². The van der Waals surface area contributed by atoms with Crippen molar-refractivity contribution in [2.24, 2.45) is 0 Å². The first-order valence-electron chi connectivity index (χ1n) is 17.0. The van der Waals surface area contributed by atoms with Gasteiger partial charge in [-0.25, -0.2) is 0 Å².